The van der Waals surface area contributed by atoms with Crippen LogP contribution in [0.1, 0.15) is 0 Å². The second-order valence-electron chi connectivity index (χ2n) is 2.76. The zero-order valence-corrected chi connectivity index (χ0v) is 7.18. The summed E-state index contributed by atoms with van der Waals surface area (Å²) < 4.78 is 0. The molecule has 1 aromatic heterocycles. The summed E-state index contributed by atoms with van der Waals surface area (Å²) in [6.45, 7) is 0. The lowest BCUT2D eigenvalue weighted by atomic mass is 10.1. The van der Waals surface area contributed by atoms with Gasteiger partial charge in [0.15, 0.2) is 0 Å². The van der Waals surface area contributed by atoms with Crippen LogP contribution in [0.4, 0.5) is 5.82 Å². The molecular formula is C9H7N3O2. The maximum absolute atomic E-state index is 10.6. The first-order valence-corrected chi connectivity index (χ1v) is 4.02. The van der Waals surface area contributed by atoms with Crippen molar-refractivity contribution in [3.63, 3.8) is 0 Å². The molecule has 1 N–H and O–H groups in total. The third kappa shape index (κ3) is 1.35. The van der Waals surface area contributed by atoms with E-state index < -0.39 is 4.92 Å². The van der Waals surface area contributed by atoms with Crippen molar-refractivity contribution in [1.82, 2.24) is 10.2 Å². The van der Waals surface area contributed by atoms with Gasteiger partial charge in [-0.1, -0.05) is 35.4 Å². The highest BCUT2D eigenvalue weighted by molar-refractivity contribution is 5.70. The van der Waals surface area contributed by atoms with E-state index in [1.54, 1.807) is 12.1 Å². The molecule has 0 amide bonds. The Morgan fingerprint density at radius 1 is 1.29 bits per heavy atom. The maximum atomic E-state index is 10.6. The lowest BCUT2D eigenvalue weighted by molar-refractivity contribution is -0.388. The Morgan fingerprint density at radius 2 is 2.00 bits per heavy atom. The molecule has 1 heterocycles. The molecule has 0 aliphatic carbocycles. The van der Waals surface area contributed by atoms with Crippen molar-refractivity contribution in [2.45, 2.75) is 0 Å². The molecule has 0 atom stereocenters. The van der Waals surface area contributed by atoms with E-state index in [4.69, 9.17) is 0 Å². The molecule has 0 spiro atoms. The van der Waals surface area contributed by atoms with Gasteiger partial charge in [0.1, 0.15) is 0 Å². The third-order valence-corrected chi connectivity index (χ3v) is 1.89. The highest BCUT2D eigenvalue weighted by atomic mass is 16.6. The smallest absolute Gasteiger partial charge is 0.350 e. The van der Waals surface area contributed by atoms with Crippen LogP contribution in [0.15, 0.2) is 36.5 Å². The van der Waals surface area contributed by atoms with Crippen LogP contribution in [-0.4, -0.2) is 15.1 Å². The van der Waals surface area contributed by atoms with E-state index in [0.29, 0.717) is 5.56 Å². The molecule has 0 bridgehead atoms. The van der Waals surface area contributed by atoms with Crippen LogP contribution >= 0.6 is 0 Å². The molecule has 0 saturated carbocycles. The lowest BCUT2D eigenvalue weighted by Gasteiger charge is -1.96. The molecule has 1 aromatic carbocycles. The molecule has 0 radical (unpaired) electrons. The summed E-state index contributed by atoms with van der Waals surface area (Å²) >= 11 is 0. The third-order valence-electron chi connectivity index (χ3n) is 1.89. The van der Waals surface area contributed by atoms with Crippen LogP contribution in [-0.2, 0) is 0 Å². The Bertz CT molecular complexity index is 450. The maximum Gasteiger partial charge on any atom is 0.350 e. The second-order valence-corrected chi connectivity index (χ2v) is 2.76. The van der Waals surface area contributed by atoms with Crippen molar-refractivity contribution in [3.8, 4) is 11.1 Å². The predicted octanol–water partition coefficient (Wildman–Crippen LogP) is 1.98. The summed E-state index contributed by atoms with van der Waals surface area (Å²) in [4.78, 5) is 10.1. The van der Waals surface area contributed by atoms with Crippen molar-refractivity contribution in [2.75, 3.05) is 0 Å². The molecule has 70 valence electrons. The SMILES string of the molecule is O=[N+]([O-])c1[nH]ncc1-c1ccccc1. The Kier molecular flexibility index (Phi) is 1.98. The summed E-state index contributed by atoms with van der Waals surface area (Å²) in [6, 6.07) is 9.11. The second kappa shape index (κ2) is 3.29. The Hall–Kier alpha value is -2.17. The van der Waals surface area contributed by atoms with Gasteiger partial charge < -0.3 is 10.1 Å². The molecule has 0 aliphatic heterocycles. The van der Waals surface area contributed by atoms with Crippen molar-refractivity contribution in [3.05, 3.63) is 46.6 Å². The number of nitro groups is 1. The molecule has 5 nitrogen and oxygen atoms in total. The van der Waals surface area contributed by atoms with Gasteiger partial charge in [0, 0.05) is 0 Å². The van der Waals surface area contributed by atoms with E-state index in [1.165, 1.54) is 6.20 Å². The summed E-state index contributed by atoms with van der Waals surface area (Å²) in [5, 5.41) is 16.6. The van der Waals surface area contributed by atoms with Crippen molar-refractivity contribution >= 4 is 5.82 Å². The fraction of sp³-hybridized carbons (Fsp3) is 0. The number of H-pyrrole nitrogens is 1. The molecule has 5 heteroatoms. The van der Waals surface area contributed by atoms with Crippen molar-refractivity contribution in [1.29, 1.82) is 0 Å². The van der Waals surface area contributed by atoms with Gasteiger partial charge in [0.25, 0.3) is 0 Å². The van der Waals surface area contributed by atoms with E-state index in [1.807, 2.05) is 18.2 Å². The van der Waals surface area contributed by atoms with E-state index in [2.05, 4.69) is 10.2 Å². The van der Waals surface area contributed by atoms with Crippen LogP contribution in [0.2, 0.25) is 0 Å². The summed E-state index contributed by atoms with van der Waals surface area (Å²) in [6.07, 6.45) is 1.45. The fourth-order valence-electron chi connectivity index (χ4n) is 1.25. The van der Waals surface area contributed by atoms with Crippen molar-refractivity contribution < 1.29 is 4.92 Å². The summed E-state index contributed by atoms with van der Waals surface area (Å²) in [7, 11) is 0. The zero-order valence-electron chi connectivity index (χ0n) is 7.18. The minimum absolute atomic E-state index is 0.0730. The number of rotatable bonds is 2. The summed E-state index contributed by atoms with van der Waals surface area (Å²) in [5.41, 5.74) is 1.29. The van der Waals surface area contributed by atoms with Gasteiger partial charge in [-0.3, -0.25) is 0 Å². The fourth-order valence-corrected chi connectivity index (χ4v) is 1.25. The number of nitrogens with zero attached hydrogens (tertiary/aromatic N) is 2. The molecular weight excluding hydrogens is 182 g/mol. The number of aromatic nitrogens is 2. The van der Waals surface area contributed by atoms with Gasteiger partial charge in [0.05, 0.1) is 11.8 Å². The molecule has 2 aromatic rings. The number of hydrogen-bond acceptors (Lipinski definition) is 3. The minimum Gasteiger partial charge on any atom is -0.358 e. The lowest BCUT2D eigenvalue weighted by Crippen LogP contribution is -1.90. The molecule has 0 saturated heterocycles. The molecule has 0 fully saturated rings. The average molecular weight is 189 g/mol. The summed E-state index contributed by atoms with van der Waals surface area (Å²) in [5.74, 6) is -0.0730. The van der Waals surface area contributed by atoms with Gasteiger partial charge >= 0.3 is 5.82 Å². The number of nitrogens with one attached hydrogen (secondary N) is 1. The van der Waals surface area contributed by atoms with Crippen LogP contribution in [0.5, 0.6) is 0 Å². The van der Waals surface area contributed by atoms with E-state index >= 15 is 0 Å². The largest absolute Gasteiger partial charge is 0.358 e. The Morgan fingerprint density at radius 3 is 2.64 bits per heavy atom. The van der Waals surface area contributed by atoms with Crippen LogP contribution < -0.4 is 0 Å². The Labute approximate surface area is 79.5 Å². The Balaban J connectivity index is 2.52. The van der Waals surface area contributed by atoms with Gasteiger partial charge in [0.2, 0.25) is 0 Å². The van der Waals surface area contributed by atoms with E-state index in [9.17, 15) is 10.1 Å². The average Bonchev–Trinajstić information content (AvgIpc) is 2.67. The number of hydrogen-bond donors (Lipinski definition) is 1. The van der Waals surface area contributed by atoms with Crippen molar-refractivity contribution in [2.24, 2.45) is 0 Å². The van der Waals surface area contributed by atoms with E-state index in [-0.39, 0.29) is 5.82 Å². The van der Waals surface area contributed by atoms with Gasteiger partial charge in [-0.25, -0.2) is 0 Å². The van der Waals surface area contributed by atoms with Crippen LogP contribution in [0, 0.1) is 10.1 Å². The van der Waals surface area contributed by atoms with Crippen LogP contribution in [0.25, 0.3) is 11.1 Å². The molecule has 2 rings (SSSR count). The first-order valence-electron chi connectivity index (χ1n) is 4.02. The number of aromatic amines is 1. The first-order chi connectivity index (χ1) is 6.79. The highest BCUT2D eigenvalue weighted by Crippen LogP contribution is 2.26. The van der Waals surface area contributed by atoms with Gasteiger partial charge in [-0.2, -0.15) is 0 Å². The van der Waals surface area contributed by atoms with Crippen LogP contribution in [0.3, 0.4) is 0 Å². The van der Waals surface area contributed by atoms with Gasteiger partial charge in [-0.05, 0) is 10.5 Å². The number of benzene rings is 1. The first kappa shape index (κ1) is 8.43. The predicted molar refractivity (Wildman–Crippen MR) is 50.7 cm³/mol. The molecule has 0 aliphatic rings. The quantitative estimate of drug-likeness (QED) is 0.580. The van der Waals surface area contributed by atoms with E-state index in [0.717, 1.165) is 5.56 Å². The monoisotopic (exact) mass is 189 g/mol. The molecule has 14 heavy (non-hydrogen) atoms. The normalized spacial score (nSPS) is 10.0. The standard InChI is InChI=1S/C9H7N3O2/c13-12(14)9-8(6-10-11-9)7-4-2-1-3-5-7/h1-6H,(H,10,11). The topological polar surface area (TPSA) is 71.8 Å². The molecule has 0 unspecified atom stereocenters. The minimum atomic E-state index is -0.477. The highest BCUT2D eigenvalue weighted by Gasteiger charge is 2.15. The van der Waals surface area contributed by atoms with Gasteiger partial charge in [-0.15, -0.1) is 5.10 Å². The zero-order chi connectivity index (χ0) is 9.97.